The van der Waals surface area contributed by atoms with E-state index in [0.29, 0.717) is 9.37 Å². The van der Waals surface area contributed by atoms with E-state index in [1.54, 1.807) is 25.2 Å². The van der Waals surface area contributed by atoms with Gasteiger partial charge >= 0.3 is 0 Å². The molecule has 0 unspecified atom stereocenters. The molecule has 1 fully saturated rings. The van der Waals surface area contributed by atoms with Crippen LogP contribution in [0.5, 0.6) is 0 Å². The van der Waals surface area contributed by atoms with Gasteiger partial charge in [-0.1, -0.05) is 28.8 Å². The van der Waals surface area contributed by atoms with E-state index in [1.165, 1.54) is 4.31 Å². The summed E-state index contributed by atoms with van der Waals surface area (Å²) >= 11 is 6.65. The maximum atomic E-state index is 12.5. The Kier molecular flexibility index (Phi) is 4.52. The first-order chi connectivity index (χ1) is 8.43. The molecule has 0 bridgehead atoms. The minimum Gasteiger partial charge on any atom is -0.207 e. The third-order valence-corrected chi connectivity index (χ3v) is 6.77. The first-order valence-electron chi connectivity index (χ1n) is 5.86. The fourth-order valence-electron chi connectivity index (χ4n) is 2.30. The molecule has 6 heteroatoms. The Morgan fingerprint density at radius 3 is 2.39 bits per heavy atom. The highest BCUT2D eigenvalue weighted by atomic mass is 79.9. The van der Waals surface area contributed by atoms with Crippen LogP contribution in [0.3, 0.4) is 0 Å². The van der Waals surface area contributed by atoms with Crippen LogP contribution in [0.2, 0.25) is 0 Å². The van der Waals surface area contributed by atoms with Crippen molar-refractivity contribution in [2.45, 2.75) is 36.6 Å². The van der Waals surface area contributed by atoms with Crippen molar-refractivity contribution >= 4 is 41.9 Å². The van der Waals surface area contributed by atoms with Crippen LogP contribution >= 0.6 is 31.9 Å². The molecule has 0 amide bonds. The van der Waals surface area contributed by atoms with Crippen molar-refractivity contribution < 1.29 is 8.42 Å². The molecular weight excluding hydrogens is 382 g/mol. The summed E-state index contributed by atoms with van der Waals surface area (Å²) in [7, 11) is -1.72. The minimum absolute atomic E-state index is 0.144. The summed E-state index contributed by atoms with van der Waals surface area (Å²) in [4.78, 5) is 0.333. The molecule has 1 aromatic rings. The Morgan fingerprint density at radius 1 is 1.22 bits per heavy atom. The van der Waals surface area contributed by atoms with Gasteiger partial charge in [0.25, 0.3) is 0 Å². The third kappa shape index (κ3) is 2.81. The average molecular weight is 397 g/mol. The van der Waals surface area contributed by atoms with Crippen LogP contribution in [0, 0.1) is 0 Å². The first kappa shape index (κ1) is 14.5. The van der Waals surface area contributed by atoms with Crippen molar-refractivity contribution in [2.24, 2.45) is 0 Å². The lowest BCUT2D eigenvalue weighted by Crippen LogP contribution is -2.35. The van der Waals surface area contributed by atoms with Crippen LogP contribution < -0.4 is 0 Å². The number of halogens is 2. The molecule has 18 heavy (non-hydrogen) atoms. The van der Waals surface area contributed by atoms with Crippen LogP contribution in [0.15, 0.2) is 32.0 Å². The zero-order valence-electron chi connectivity index (χ0n) is 10.1. The second-order valence-electron chi connectivity index (χ2n) is 4.53. The fraction of sp³-hybridized carbons (Fsp3) is 0.500. The molecule has 1 saturated carbocycles. The molecule has 0 aliphatic heterocycles. The predicted octanol–water partition coefficient (Wildman–Crippen LogP) is 3.77. The monoisotopic (exact) mass is 395 g/mol. The summed E-state index contributed by atoms with van der Waals surface area (Å²) in [6.07, 6.45) is 4.16. The Labute approximate surface area is 125 Å². The van der Waals surface area contributed by atoms with Crippen LogP contribution in [0.4, 0.5) is 0 Å². The lowest BCUT2D eigenvalue weighted by molar-refractivity contribution is 0.373. The van der Waals surface area contributed by atoms with Crippen LogP contribution in [0.1, 0.15) is 25.7 Å². The van der Waals surface area contributed by atoms with Crippen molar-refractivity contribution in [3.8, 4) is 0 Å². The lowest BCUT2D eigenvalue weighted by atomic mass is 10.3. The summed E-state index contributed by atoms with van der Waals surface area (Å²) in [6, 6.07) is 5.29. The Bertz CT molecular complexity index is 539. The van der Waals surface area contributed by atoms with Gasteiger partial charge in [0.05, 0.1) is 4.90 Å². The smallest absolute Gasteiger partial charge is 0.207 e. The molecule has 0 N–H and O–H groups in total. The quantitative estimate of drug-likeness (QED) is 0.779. The van der Waals surface area contributed by atoms with Crippen molar-refractivity contribution in [3.05, 3.63) is 27.1 Å². The van der Waals surface area contributed by atoms with Gasteiger partial charge < -0.3 is 0 Å². The van der Waals surface area contributed by atoms with Gasteiger partial charge in [0.1, 0.15) is 0 Å². The second kappa shape index (κ2) is 5.61. The van der Waals surface area contributed by atoms with Crippen LogP contribution in [0.25, 0.3) is 0 Å². The molecule has 0 atom stereocenters. The van der Waals surface area contributed by atoms with Gasteiger partial charge in [0.15, 0.2) is 0 Å². The van der Waals surface area contributed by atoms with Gasteiger partial charge in [-0.05, 0) is 47.0 Å². The van der Waals surface area contributed by atoms with Crippen LogP contribution in [-0.4, -0.2) is 25.8 Å². The zero-order valence-corrected chi connectivity index (χ0v) is 14.1. The lowest BCUT2D eigenvalue weighted by Gasteiger charge is -2.24. The zero-order chi connectivity index (χ0) is 13.3. The van der Waals surface area contributed by atoms with Crippen molar-refractivity contribution in [2.75, 3.05) is 7.05 Å². The molecular formula is C12H15Br2NO2S. The number of sulfonamides is 1. The van der Waals surface area contributed by atoms with E-state index in [9.17, 15) is 8.42 Å². The molecule has 0 saturated heterocycles. The predicted molar refractivity (Wildman–Crippen MR) is 79.0 cm³/mol. The van der Waals surface area contributed by atoms with Gasteiger partial charge in [-0.3, -0.25) is 0 Å². The normalized spacial score (nSPS) is 17.6. The van der Waals surface area contributed by atoms with Crippen LogP contribution in [-0.2, 0) is 10.0 Å². The molecule has 0 radical (unpaired) electrons. The molecule has 3 nitrogen and oxygen atoms in total. The number of benzene rings is 1. The van der Waals surface area contributed by atoms with Gasteiger partial charge in [0, 0.05) is 22.0 Å². The van der Waals surface area contributed by atoms with Crippen molar-refractivity contribution in [3.63, 3.8) is 0 Å². The average Bonchev–Trinajstić information content (AvgIpc) is 2.80. The van der Waals surface area contributed by atoms with E-state index >= 15 is 0 Å². The summed E-state index contributed by atoms with van der Waals surface area (Å²) < 4.78 is 28.0. The molecule has 100 valence electrons. The number of nitrogens with zero attached hydrogens (tertiary/aromatic N) is 1. The summed E-state index contributed by atoms with van der Waals surface area (Å²) in [5.74, 6) is 0. The van der Waals surface area contributed by atoms with E-state index in [-0.39, 0.29) is 6.04 Å². The molecule has 1 aliphatic carbocycles. The molecule has 2 rings (SSSR count). The summed E-state index contributed by atoms with van der Waals surface area (Å²) in [6.45, 7) is 0. The minimum atomic E-state index is -3.40. The highest BCUT2D eigenvalue weighted by Gasteiger charge is 2.31. The Balaban J connectivity index is 2.35. The first-order valence-corrected chi connectivity index (χ1v) is 8.88. The van der Waals surface area contributed by atoms with Crippen molar-refractivity contribution in [1.82, 2.24) is 4.31 Å². The Morgan fingerprint density at radius 2 is 1.83 bits per heavy atom. The molecule has 1 aromatic carbocycles. The van der Waals surface area contributed by atoms with E-state index in [2.05, 4.69) is 31.9 Å². The van der Waals surface area contributed by atoms with Gasteiger partial charge in [0.2, 0.25) is 10.0 Å². The second-order valence-corrected chi connectivity index (χ2v) is 8.27. The molecule has 0 aromatic heterocycles. The third-order valence-electron chi connectivity index (χ3n) is 3.39. The molecule has 0 heterocycles. The summed E-state index contributed by atoms with van der Waals surface area (Å²) in [5, 5.41) is 0. The van der Waals surface area contributed by atoms with Gasteiger partial charge in [-0.2, -0.15) is 4.31 Å². The van der Waals surface area contributed by atoms with Crippen molar-refractivity contribution in [1.29, 1.82) is 0 Å². The van der Waals surface area contributed by atoms with E-state index in [4.69, 9.17) is 0 Å². The standard InChI is InChI=1S/C12H15Br2NO2S/c1-15(10-4-2-3-5-10)18(16,17)12-7-6-9(13)8-11(12)14/h6-8,10H,2-5H2,1H3. The summed E-state index contributed by atoms with van der Waals surface area (Å²) in [5.41, 5.74) is 0. The highest BCUT2D eigenvalue weighted by Crippen LogP contribution is 2.31. The van der Waals surface area contributed by atoms with E-state index < -0.39 is 10.0 Å². The SMILES string of the molecule is CN(C1CCCC1)S(=O)(=O)c1ccc(Br)cc1Br. The number of rotatable bonds is 3. The fourth-order valence-corrected chi connectivity index (χ4v) is 5.42. The number of hydrogen-bond acceptors (Lipinski definition) is 2. The largest absolute Gasteiger partial charge is 0.244 e. The van der Waals surface area contributed by atoms with Gasteiger partial charge in [-0.25, -0.2) is 8.42 Å². The van der Waals surface area contributed by atoms with Gasteiger partial charge in [-0.15, -0.1) is 0 Å². The molecule has 1 aliphatic rings. The van der Waals surface area contributed by atoms with E-state index in [1.807, 2.05) is 0 Å². The maximum Gasteiger partial charge on any atom is 0.244 e. The van der Waals surface area contributed by atoms with E-state index in [0.717, 1.165) is 30.2 Å². The maximum absolute atomic E-state index is 12.5. The molecule has 0 spiro atoms. The Hall–Kier alpha value is 0.0900. The highest BCUT2D eigenvalue weighted by molar-refractivity contribution is 9.11. The number of hydrogen-bond donors (Lipinski definition) is 0. The topological polar surface area (TPSA) is 37.4 Å².